The Balaban J connectivity index is 1.93. The van der Waals surface area contributed by atoms with Crippen LogP contribution in [0.1, 0.15) is 24.3 Å². The van der Waals surface area contributed by atoms with E-state index in [0.29, 0.717) is 6.54 Å². The topological polar surface area (TPSA) is 25.2 Å². The first kappa shape index (κ1) is 12.6. The lowest BCUT2D eigenvalue weighted by Gasteiger charge is -2.13. The van der Waals surface area contributed by atoms with Gasteiger partial charge in [0, 0.05) is 6.04 Å². The van der Waals surface area contributed by atoms with E-state index in [1.807, 2.05) is 19.1 Å². The zero-order valence-electron chi connectivity index (χ0n) is 9.41. The predicted octanol–water partition coefficient (Wildman–Crippen LogP) is 3.87. The van der Waals surface area contributed by atoms with Crippen LogP contribution in [-0.2, 0) is 6.54 Å². The maximum absolute atomic E-state index is 12.8. The minimum atomic E-state index is -0.207. The molecular formula is C13H13FINO. The molecule has 0 aliphatic heterocycles. The van der Waals surface area contributed by atoms with Crippen molar-refractivity contribution in [2.45, 2.75) is 19.5 Å². The van der Waals surface area contributed by atoms with Crippen LogP contribution in [0.3, 0.4) is 0 Å². The third-order valence-corrected chi connectivity index (χ3v) is 3.16. The molecule has 0 bridgehead atoms. The lowest BCUT2D eigenvalue weighted by atomic mass is 10.1. The fraction of sp³-hybridized carbons (Fsp3) is 0.231. The van der Waals surface area contributed by atoms with Crippen molar-refractivity contribution in [2.24, 2.45) is 0 Å². The third-order valence-electron chi connectivity index (χ3n) is 2.58. The van der Waals surface area contributed by atoms with Gasteiger partial charge in [0.25, 0.3) is 0 Å². The van der Waals surface area contributed by atoms with Gasteiger partial charge in [0.05, 0.1) is 6.54 Å². The van der Waals surface area contributed by atoms with Crippen molar-refractivity contribution in [1.29, 1.82) is 0 Å². The molecule has 17 heavy (non-hydrogen) atoms. The van der Waals surface area contributed by atoms with Crippen LogP contribution in [0.25, 0.3) is 0 Å². The molecule has 4 heteroatoms. The van der Waals surface area contributed by atoms with E-state index in [0.717, 1.165) is 15.1 Å². The highest BCUT2D eigenvalue weighted by atomic mass is 127. The minimum absolute atomic E-state index is 0.165. The fourth-order valence-corrected chi connectivity index (χ4v) is 2.03. The van der Waals surface area contributed by atoms with E-state index in [-0.39, 0.29) is 11.9 Å². The number of hydrogen-bond donors (Lipinski definition) is 1. The number of hydrogen-bond acceptors (Lipinski definition) is 2. The number of rotatable bonds is 4. The molecule has 1 heterocycles. The molecule has 0 fully saturated rings. The van der Waals surface area contributed by atoms with E-state index in [1.54, 1.807) is 12.1 Å². The normalized spacial score (nSPS) is 12.6. The summed E-state index contributed by atoms with van der Waals surface area (Å²) in [6.45, 7) is 2.71. The van der Waals surface area contributed by atoms with Crippen LogP contribution in [0.5, 0.6) is 0 Å². The second-order valence-corrected chi connectivity index (χ2v) is 4.92. The first-order chi connectivity index (χ1) is 8.15. The summed E-state index contributed by atoms with van der Waals surface area (Å²) in [5.41, 5.74) is 1.06. The van der Waals surface area contributed by atoms with Gasteiger partial charge in [0.2, 0.25) is 0 Å². The van der Waals surface area contributed by atoms with Crippen molar-refractivity contribution < 1.29 is 8.81 Å². The summed E-state index contributed by atoms with van der Waals surface area (Å²) < 4.78 is 19.1. The molecule has 2 nitrogen and oxygen atoms in total. The van der Waals surface area contributed by atoms with Crippen LogP contribution in [0.2, 0.25) is 0 Å². The summed E-state index contributed by atoms with van der Waals surface area (Å²) in [6.07, 6.45) is 0. The Hall–Kier alpha value is -0.880. The van der Waals surface area contributed by atoms with Gasteiger partial charge in [-0.15, -0.1) is 0 Å². The first-order valence-electron chi connectivity index (χ1n) is 5.38. The van der Waals surface area contributed by atoms with Crippen LogP contribution in [-0.4, -0.2) is 0 Å². The molecule has 2 aromatic rings. The molecule has 0 aliphatic carbocycles. The second-order valence-electron chi connectivity index (χ2n) is 3.86. The summed E-state index contributed by atoms with van der Waals surface area (Å²) in [5.74, 6) is 0.699. The van der Waals surface area contributed by atoms with Crippen molar-refractivity contribution in [3.05, 3.63) is 57.3 Å². The van der Waals surface area contributed by atoms with Crippen molar-refractivity contribution in [3.63, 3.8) is 0 Å². The lowest BCUT2D eigenvalue weighted by Crippen LogP contribution is -2.17. The molecule has 0 amide bonds. The molecule has 0 spiro atoms. The molecule has 0 aliphatic rings. The Kier molecular flexibility index (Phi) is 4.17. The van der Waals surface area contributed by atoms with E-state index in [9.17, 15) is 4.39 Å². The number of nitrogens with one attached hydrogen (secondary N) is 1. The average Bonchev–Trinajstić information content (AvgIpc) is 2.73. The number of furan rings is 1. The molecule has 90 valence electrons. The lowest BCUT2D eigenvalue weighted by molar-refractivity contribution is 0.445. The van der Waals surface area contributed by atoms with E-state index in [1.165, 1.54) is 12.1 Å². The highest BCUT2D eigenvalue weighted by Gasteiger charge is 2.06. The molecule has 0 saturated heterocycles. The Morgan fingerprint density at radius 3 is 2.53 bits per heavy atom. The van der Waals surface area contributed by atoms with Crippen LogP contribution in [0.15, 0.2) is 40.8 Å². The zero-order valence-corrected chi connectivity index (χ0v) is 11.6. The van der Waals surface area contributed by atoms with E-state index in [4.69, 9.17) is 4.42 Å². The van der Waals surface area contributed by atoms with Gasteiger partial charge >= 0.3 is 0 Å². The highest BCUT2D eigenvalue weighted by Crippen LogP contribution is 2.15. The van der Waals surface area contributed by atoms with E-state index in [2.05, 4.69) is 27.9 Å². The molecule has 2 rings (SSSR count). The van der Waals surface area contributed by atoms with Gasteiger partial charge in [0.1, 0.15) is 11.6 Å². The fourth-order valence-electron chi connectivity index (χ4n) is 1.57. The average molecular weight is 345 g/mol. The Morgan fingerprint density at radius 2 is 1.94 bits per heavy atom. The van der Waals surface area contributed by atoms with Crippen molar-refractivity contribution in [2.75, 3.05) is 0 Å². The first-order valence-corrected chi connectivity index (χ1v) is 6.46. The van der Waals surface area contributed by atoms with Gasteiger partial charge in [0.15, 0.2) is 3.77 Å². The van der Waals surface area contributed by atoms with Crippen molar-refractivity contribution >= 4 is 22.6 Å². The highest BCUT2D eigenvalue weighted by molar-refractivity contribution is 14.1. The predicted molar refractivity (Wildman–Crippen MR) is 73.1 cm³/mol. The smallest absolute Gasteiger partial charge is 0.164 e. The monoisotopic (exact) mass is 345 g/mol. The third kappa shape index (κ3) is 3.54. The van der Waals surface area contributed by atoms with Crippen LogP contribution in [0, 0.1) is 9.58 Å². The van der Waals surface area contributed by atoms with Gasteiger partial charge in [-0.05, 0) is 59.3 Å². The largest absolute Gasteiger partial charge is 0.454 e. The van der Waals surface area contributed by atoms with Gasteiger partial charge in [-0.2, -0.15) is 0 Å². The molecule has 0 saturated carbocycles. The second kappa shape index (κ2) is 5.64. The molecule has 1 aromatic heterocycles. The zero-order chi connectivity index (χ0) is 12.3. The molecule has 0 unspecified atom stereocenters. The molecule has 1 atom stereocenters. The summed E-state index contributed by atoms with van der Waals surface area (Å²) in [5, 5.41) is 3.33. The summed E-state index contributed by atoms with van der Waals surface area (Å²) in [4.78, 5) is 0. The van der Waals surface area contributed by atoms with Crippen molar-refractivity contribution in [3.8, 4) is 0 Å². The molecule has 1 N–H and O–H groups in total. The van der Waals surface area contributed by atoms with Crippen molar-refractivity contribution in [1.82, 2.24) is 5.32 Å². The SMILES string of the molecule is C[C@H](NCc1ccc(I)o1)c1ccc(F)cc1. The summed E-state index contributed by atoms with van der Waals surface area (Å²) in [6, 6.07) is 10.6. The molecular weight excluding hydrogens is 332 g/mol. The number of halogens is 2. The molecule has 0 radical (unpaired) electrons. The van der Waals surface area contributed by atoms with Gasteiger partial charge in [-0.3, -0.25) is 0 Å². The maximum Gasteiger partial charge on any atom is 0.164 e. The summed E-state index contributed by atoms with van der Waals surface area (Å²) >= 11 is 2.14. The van der Waals surface area contributed by atoms with Crippen LogP contribution >= 0.6 is 22.6 Å². The maximum atomic E-state index is 12.8. The Morgan fingerprint density at radius 1 is 1.24 bits per heavy atom. The Labute approximate surface area is 113 Å². The molecule has 1 aromatic carbocycles. The number of benzene rings is 1. The van der Waals surface area contributed by atoms with Crippen LogP contribution in [0.4, 0.5) is 4.39 Å². The van der Waals surface area contributed by atoms with Gasteiger partial charge in [-0.25, -0.2) is 4.39 Å². The quantitative estimate of drug-likeness (QED) is 0.851. The van der Waals surface area contributed by atoms with Gasteiger partial charge in [-0.1, -0.05) is 12.1 Å². The van der Waals surface area contributed by atoms with E-state index < -0.39 is 0 Å². The summed E-state index contributed by atoms with van der Waals surface area (Å²) in [7, 11) is 0. The van der Waals surface area contributed by atoms with E-state index >= 15 is 0 Å². The van der Waals surface area contributed by atoms with Gasteiger partial charge < -0.3 is 9.73 Å². The minimum Gasteiger partial charge on any atom is -0.454 e. The standard InChI is InChI=1S/C13H13FINO/c1-9(10-2-4-11(14)5-3-10)16-8-12-6-7-13(15)17-12/h2-7,9,16H,8H2,1H3/t9-/m0/s1. The van der Waals surface area contributed by atoms with Crippen LogP contribution < -0.4 is 5.32 Å². The Bertz CT molecular complexity index is 480.